The molecule has 9 heteroatoms. The van der Waals surface area contributed by atoms with Crippen LogP contribution in [0.2, 0.25) is 5.28 Å². The van der Waals surface area contributed by atoms with Crippen molar-refractivity contribution in [2.45, 2.75) is 90.6 Å². The summed E-state index contributed by atoms with van der Waals surface area (Å²) in [5.41, 5.74) is -0.375. The fourth-order valence-electron chi connectivity index (χ4n) is 3.68. The molecule has 1 saturated carbocycles. The number of hydrogen-bond acceptors (Lipinski definition) is 7. The lowest BCUT2D eigenvalue weighted by Crippen LogP contribution is -2.49. The Balaban J connectivity index is 2.28. The highest BCUT2D eigenvalue weighted by molar-refractivity contribution is 6.28. The van der Waals surface area contributed by atoms with Crippen molar-refractivity contribution in [1.29, 1.82) is 0 Å². The van der Waals surface area contributed by atoms with Crippen LogP contribution in [0.4, 0.5) is 10.6 Å². The second-order valence-corrected chi connectivity index (χ2v) is 9.43. The zero-order chi connectivity index (χ0) is 24.3. The molecule has 0 saturated heterocycles. The molecular weight excluding hydrogens is 444 g/mol. The maximum absolute atomic E-state index is 12.3. The molecule has 1 fully saturated rings. The average molecular weight is 481 g/mol. The van der Waals surface area contributed by atoms with Crippen molar-refractivity contribution in [2.75, 3.05) is 25.1 Å². The Kier molecular flexibility index (Phi) is 10.7. The predicted octanol–water partition coefficient (Wildman–Crippen LogP) is 4.91. The van der Waals surface area contributed by atoms with E-state index in [1.165, 1.54) is 0 Å². The predicted molar refractivity (Wildman–Crippen MR) is 129 cm³/mol. The van der Waals surface area contributed by atoms with Gasteiger partial charge in [-0.15, -0.1) is 0 Å². The fourth-order valence-corrected chi connectivity index (χ4v) is 3.81. The van der Waals surface area contributed by atoms with E-state index in [0.29, 0.717) is 31.1 Å². The molecule has 1 heterocycles. The first-order valence-electron chi connectivity index (χ1n) is 11.7. The number of nitrogens with zero attached hydrogens (tertiary/aromatic N) is 2. The van der Waals surface area contributed by atoms with Crippen molar-refractivity contribution in [3.8, 4) is 11.8 Å². The second-order valence-electron chi connectivity index (χ2n) is 9.09. The van der Waals surface area contributed by atoms with Gasteiger partial charge in [-0.05, 0) is 65.0 Å². The molecule has 0 radical (unpaired) electrons. The Morgan fingerprint density at radius 1 is 1.18 bits per heavy atom. The van der Waals surface area contributed by atoms with Crippen LogP contribution in [0.15, 0.2) is 6.20 Å². The molecule has 0 unspecified atom stereocenters. The number of amides is 1. The average Bonchev–Trinajstić information content (AvgIpc) is 2.97. The van der Waals surface area contributed by atoms with E-state index in [2.05, 4.69) is 32.4 Å². The van der Waals surface area contributed by atoms with Crippen LogP contribution in [0.25, 0.3) is 0 Å². The Morgan fingerprint density at radius 2 is 1.82 bits per heavy atom. The molecule has 0 aliphatic heterocycles. The second kappa shape index (κ2) is 13.0. The number of rotatable bonds is 8. The van der Waals surface area contributed by atoms with E-state index in [0.717, 1.165) is 38.5 Å². The summed E-state index contributed by atoms with van der Waals surface area (Å²) in [5.74, 6) is 6.59. The SMILES string of the molecule is CCOC(C#Cc1cnc(Cl)nc1NC1(CNC(=O)OC(C)(C)C)CCCCCC1)OCC. The quantitative estimate of drug-likeness (QED) is 0.236. The number of ether oxygens (including phenoxy) is 3. The maximum atomic E-state index is 12.3. The number of carbonyl (C=O) groups is 1. The van der Waals surface area contributed by atoms with E-state index in [1.54, 1.807) is 6.20 Å². The lowest BCUT2D eigenvalue weighted by molar-refractivity contribution is -0.0969. The van der Waals surface area contributed by atoms with Gasteiger partial charge >= 0.3 is 6.09 Å². The van der Waals surface area contributed by atoms with Gasteiger partial charge in [-0.2, -0.15) is 4.98 Å². The van der Waals surface area contributed by atoms with Gasteiger partial charge in [-0.25, -0.2) is 9.78 Å². The van der Waals surface area contributed by atoms with Crippen LogP contribution in [0, 0.1) is 11.8 Å². The molecule has 1 aliphatic rings. The standard InChI is InChI=1S/C24H37ClN4O4/c1-6-31-19(32-7-2)13-12-18-16-26-21(25)28-20(18)29-24(14-10-8-9-11-15-24)17-27-22(30)33-23(3,4)5/h16,19H,6-11,14-15,17H2,1-5H3,(H,27,30)(H,26,28,29). The molecule has 0 atom stereocenters. The molecule has 184 valence electrons. The summed E-state index contributed by atoms with van der Waals surface area (Å²) in [6.45, 7) is 10.7. The minimum absolute atomic E-state index is 0.123. The van der Waals surface area contributed by atoms with Crippen LogP contribution in [0.1, 0.15) is 78.7 Å². The number of alkyl carbamates (subject to hydrolysis) is 1. The lowest BCUT2D eigenvalue weighted by atomic mass is 9.89. The van der Waals surface area contributed by atoms with Crippen LogP contribution >= 0.6 is 11.6 Å². The van der Waals surface area contributed by atoms with Crippen molar-refractivity contribution in [1.82, 2.24) is 15.3 Å². The summed E-state index contributed by atoms with van der Waals surface area (Å²) < 4.78 is 16.5. The summed E-state index contributed by atoms with van der Waals surface area (Å²) in [6.07, 6.45) is 6.64. The van der Waals surface area contributed by atoms with E-state index in [4.69, 9.17) is 25.8 Å². The van der Waals surface area contributed by atoms with E-state index in [1.807, 2.05) is 34.6 Å². The third-order valence-electron chi connectivity index (χ3n) is 5.13. The van der Waals surface area contributed by atoms with E-state index < -0.39 is 23.5 Å². The first kappa shape index (κ1) is 27.2. The van der Waals surface area contributed by atoms with Gasteiger partial charge in [-0.1, -0.05) is 31.6 Å². The molecule has 33 heavy (non-hydrogen) atoms. The molecular formula is C24H37ClN4O4. The molecule has 1 amide bonds. The molecule has 8 nitrogen and oxygen atoms in total. The van der Waals surface area contributed by atoms with Crippen molar-refractivity contribution in [3.63, 3.8) is 0 Å². The number of carbonyl (C=O) groups excluding carboxylic acids is 1. The Labute approximate surface area is 202 Å². The van der Waals surface area contributed by atoms with Gasteiger partial charge < -0.3 is 24.8 Å². The van der Waals surface area contributed by atoms with E-state index in [9.17, 15) is 4.79 Å². The van der Waals surface area contributed by atoms with Gasteiger partial charge in [0.1, 0.15) is 11.4 Å². The molecule has 1 aliphatic carbocycles. The highest BCUT2D eigenvalue weighted by Gasteiger charge is 2.33. The molecule has 1 aromatic rings. The Morgan fingerprint density at radius 3 is 2.39 bits per heavy atom. The highest BCUT2D eigenvalue weighted by atomic mass is 35.5. The molecule has 0 bridgehead atoms. The zero-order valence-electron chi connectivity index (χ0n) is 20.4. The third-order valence-corrected chi connectivity index (χ3v) is 5.32. The van der Waals surface area contributed by atoms with Crippen molar-refractivity contribution < 1.29 is 19.0 Å². The lowest BCUT2D eigenvalue weighted by Gasteiger charge is -2.35. The van der Waals surface area contributed by atoms with Gasteiger partial charge in [-0.3, -0.25) is 0 Å². The zero-order valence-corrected chi connectivity index (χ0v) is 21.2. The van der Waals surface area contributed by atoms with Crippen molar-refractivity contribution in [2.24, 2.45) is 0 Å². The Bertz CT molecular complexity index is 818. The monoisotopic (exact) mass is 480 g/mol. The summed E-state index contributed by atoms with van der Waals surface area (Å²) in [7, 11) is 0. The molecule has 0 aromatic carbocycles. The highest BCUT2D eigenvalue weighted by Crippen LogP contribution is 2.31. The molecule has 2 rings (SSSR count). The van der Waals surface area contributed by atoms with Crippen LogP contribution in [-0.4, -0.2) is 53.2 Å². The van der Waals surface area contributed by atoms with Gasteiger partial charge in [0, 0.05) is 26.0 Å². The van der Waals surface area contributed by atoms with Crippen LogP contribution < -0.4 is 10.6 Å². The number of hydrogen-bond donors (Lipinski definition) is 2. The van der Waals surface area contributed by atoms with Gasteiger partial charge in [0.25, 0.3) is 0 Å². The maximum Gasteiger partial charge on any atom is 0.407 e. The number of nitrogens with one attached hydrogen (secondary N) is 2. The molecule has 2 N–H and O–H groups in total. The van der Waals surface area contributed by atoms with Gasteiger partial charge in [0.15, 0.2) is 0 Å². The van der Waals surface area contributed by atoms with Crippen LogP contribution in [0.3, 0.4) is 0 Å². The van der Waals surface area contributed by atoms with E-state index >= 15 is 0 Å². The number of aromatic nitrogens is 2. The topological polar surface area (TPSA) is 94.6 Å². The van der Waals surface area contributed by atoms with Crippen LogP contribution in [0.5, 0.6) is 0 Å². The molecule has 1 aromatic heterocycles. The number of halogens is 1. The Hall–Kier alpha value is -2.08. The van der Waals surface area contributed by atoms with Gasteiger partial charge in [0.05, 0.1) is 11.1 Å². The van der Waals surface area contributed by atoms with Crippen LogP contribution in [-0.2, 0) is 14.2 Å². The third kappa shape index (κ3) is 9.75. The largest absolute Gasteiger partial charge is 0.444 e. The molecule has 0 spiro atoms. The minimum Gasteiger partial charge on any atom is -0.444 e. The summed E-state index contributed by atoms with van der Waals surface area (Å²) >= 11 is 6.12. The van der Waals surface area contributed by atoms with Crippen molar-refractivity contribution in [3.05, 3.63) is 17.0 Å². The summed E-state index contributed by atoms with van der Waals surface area (Å²) in [6, 6.07) is 0. The first-order chi connectivity index (χ1) is 15.7. The first-order valence-corrected chi connectivity index (χ1v) is 12.1. The smallest absolute Gasteiger partial charge is 0.407 e. The van der Waals surface area contributed by atoms with Gasteiger partial charge in [0.2, 0.25) is 11.6 Å². The van der Waals surface area contributed by atoms with E-state index in [-0.39, 0.29) is 5.28 Å². The van der Waals surface area contributed by atoms with Crippen molar-refractivity contribution >= 4 is 23.5 Å². The number of anilines is 1. The normalized spacial score (nSPS) is 15.8. The fraction of sp³-hybridized carbons (Fsp3) is 0.708. The minimum atomic E-state index is -0.635. The summed E-state index contributed by atoms with van der Waals surface area (Å²) in [5, 5.41) is 6.62. The summed E-state index contributed by atoms with van der Waals surface area (Å²) in [4.78, 5) is 20.9.